The fourth-order valence-electron chi connectivity index (χ4n) is 3.32. The van der Waals surface area contributed by atoms with Gasteiger partial charge in [0.1, 0.15) is 5.75 Å². The molecule has 0 spiro atoms. The topological polar surface area (TPSA) is 104 Å². The number of carbonyl (C=O) groups is 2. The molecule has 1 heterocycles. The van der Waals surface area contributed by atoms with Gasteiger partial charge >= 0.3 is 0 Å². The van der Waals surface area contributed by atoms with Gasteiger partial charge in [0.2, 0.25) is 5.91 Å². The summed E-state index contributed by atoms with van der Waals surface area (Å²) in [7, 11) is 0. The zero-order valence-electron chi connectivity index (χ0n) is 16.9. The summed E-state index contributed by atoms with van der Waals surface area (Å²) in [6.07, 6.45) is 10.9. The quantitative estimate of drug-likeness (QED) is 0.617. The Kier molecular flexibility index (Phi) is 7.83. The largest absolute Gasteiger partial charge is 0.489 e. The van der Waals surface area contributed by atoms with Crippen molar-refractivity contribution in [2.24, 2.45) is 11.7 Å². The maximum atomic E-state index is 12.3. The number of aromatic nitrogens is 1. The number of nitrogens with two attached hydrogens (primary N) is 1. The summed E-state index contributed by atoms with van der Waals surface area (Å²) in [6.45, 7) is 0.474. The molecule has 0 unspecified atom stereocenters. The SMILES string of the molecule is NC(=O)COc1ccc(/C=C/C(=O)Nc2ncccc2OCC2CCCCC2)cc1. The van der Waals surface area contributed by atoms with Gasteiger partial charge < -0.3 is 20.5 Å². The monoisotopic (exact) mass is 409 g/mol. The predicted octanol–water partition coefficient (Wildman–Crippen LogP) is 3.56. The van der Waals surface area contributed by atoms with Crippen molar-refractivity contribution in [3.05, 3.63) is 54.2 Å². The Hall–Kier alpha value is -3.35. The third-order valence-electron chi connectivity index (χ3n) is 4.90. The molecule has 0 atom stereocenters. The summed E-state index contributed by atoms with van der Waals surface area (Å²) in [5.74, 6) is 1.26. The number of primary amides is 1. The van der Waals surface area contributed by atoms with Gasteiger partial charge in [-0.15, -0.1) is 0 Å². The van der Waals surface area contributed by atoms with Gasteiger partial charge in [-0.25, -0.2) is 4.98 Å². The van der Waals surface area contributed by atoms with Crippen LogP contribution in [0, 0.1) is 5.92 Å². The Balaban J connectivity index is 1.53. The number of amides is 2. The zero-order valence-corrected chi connectivity index (χ0v) is 16.9. The number of carbonyl (C=O) groups excluding carboxylic acids is 2. The van der Waals surface area contributed by atoms with Crippen molar-refractivity contribution in [3.8, 4) is 11.5 Å². The van der Waals surface area contributed by atoms with Crippen LogP contribution in [0.1, 0.15) is 37.7 Å². The number of rotatable bonds is 9. The molecule has 0 bridgehead atoms. The van der Waals surface area contributed by atoms with Crippen LogP contribution in [0.2, 0.25) is 0 Å². The van der Waals surface area contributed by atoms with Crippen LogP contribution < -0.4 is 20.5 Å². The van der Waals surface area contributed by atoms with E-state index in [9.17, 15) is 9.59 Å². The molecular weight excluding hydrogens is 382 g/mol. The third kappa shape index (κ3) is 6.92. The molecule has 7 nitrogen and oxygen atoms in total. The lowest BCUT2D eigenvalue weighted by Gasteiger charge is -2.22. The maximum absolute atomic E-state index is 12.3. The molecular formula is C23H27N3O4. The summed E-state index contributed by atoms with van der Waals surface area (Å²) in [5.41, 5.74) is 5.86. The van der Waals surface area contributed by atoms with E-state index < -0.39 is 5.91 Å². The second-order valence-corrected chi connectivity index (χ2v) is 7.31. The highest BCUT2D eigenvalue weighted by Gasteiger charge is 2.15. The van der Waals surface area contributed by atoms with Crippen molar-refractivity contribution >= 4 is 23.7 Å². The van der Waals surface area contributed by atoms with Crippen LogP contribution >= 0.6 is 0 Å². The number of ether oxygens (including phenoxy) is 2. The second kappa shape index (κ2) is 11.0. The van der Waals surface area contributed by atoms with Crippen molar-refractivity contribution in [2.75, 3.05) is 18.5 Å². The Bertz CT molecular complexity index is 874. The molecule has 1 saturated carbocycles. The number of benzene rings is 1. The number of anilines is 1. The van der Waals surface area contributed by atoms with E-state index in [1.807, 2.05) is 6.07 Å². The van der Waals surface area contributed by atoms with Gasteiger partial charge in [0.15, 0.2) is 18.2 Å². The summed E-state index contributed by atoms with van der Waals surface area (Å²) in [4.78, 5) is 27.3. The number of nitrogens with one attached hydrogen (secondary N) is 1. The van der Waals surface area contributed by atoms with E-state index in [0.717, 1.165) is 5.56 Å². The Morgan fingerprint density at radius 1 is 1.10 bits per heavy atom. The smallest absolute Gasteiger partial charge is 0.255 e. The highest BCUT2D eigenvalue weighted by molar-refractivity contribution is 6.02. The number of hydrogen-bond donors (Lipinski definition) is 2. The first kappa shape index (κ1) is 21.4. The van der Waals surface area contributed by atoms with E-state index in [4.69, 9.17) is 15.2 Å². The lowest BCUT2D eigenvalue weighted by atomic mass is 9.90. The molecule has 0 radical (unpaired) electrons. The molecule has 0 aliphatic heterocycles. The highest BCUT2D eigenvalue weighted by Crippen LogP contribution is 2.27. The van der Waals surface area contributed by atoms with Gasteiger partial charge in [0, 0.05) is 12.3 Å². The van der Waals surface area contributed by atoms with Crippen LogP contribution in [-0.2, 0) is 9.59 Å². The van der Waals surface area contributed by atoms with Crippen LogP contribution in [0.5, 0.6) is 11.5 Å². The minimum absolute atomic E-state index is 0.174. The summed E-state index contributed by atoms with van der Waals surface area (Å²) in [6, 6.07) is 10.6. The van der Waals surface area contributed by atoms with Crippen molar-refractivity contribution in [3.63, 3.8) is 0 Å². The molecule has 1 aromatic carbocycles. The standard InChI is InChI=1S/C23H27N3O4/c24-21(27)16-29-19-11-8-17(9-12-19)10-13-22(28)26-23-20(7-4-14-25-23)30-15-18-5-2-1-3-6-18/h4,7-14,18H,1-3,5-6,15-16H2,(H2,24,27)(H,25,26,28)/b13-10+. The van der Waals surface area contributed by atoms with Crippen molar-refractivity contribution < 1.29 is 19.1 Å². The van der Waals surface area contributed by atoms with E-state index in [-0.39, 0.29) is 12.5 Å². The Labute approximate surface area is 176 Å². The summed E-state index contributed by atoms with van der Waals surface area (Å²) >= 11 is 0. The van der Waals surface area contributed by atoms with Crippen LogP contribution in [0.25, 0.3) is 6.08 Å². The van der Waals surface area contributed by atoms with E-state index in [0.29, 0.717) is 29.8 Å². The molecule has 3 rings (SSSR count). The molecule has 158 valence electrons. The second-order valence-electron chi connectivity index (χ2n) is 7.31. The maximum Gasteiger partial charge on any atom is 0.255 e. The molecule has 1 aliphatic rings. The zero-order chi connectivity index (χ0) is 21.2. The molecule has 1 fully saturated rings. The predicted molar refractivity (Wildman–Crippen MR) is 115 cm³/mol. The Morgan fingerprint density at radius 3 is 2.60 bits per heavy atom. The van der Waals surface area contributed by atoms with Crippen molar-refractivity contribution in [1.29, 1.82) is 0 Å². The van der Waals surface area contributed by atoms with E-state index in [1.54, 1.807) is 42.6 Å². The van der Waals surface area contributed by atoms with Gasteiger partial charge in [-0.3, -0.25) is 9.59 Å². The molecule has 1 aromatic heterocycles. The molecule has 7 heteroatoms. The first-order valence-corrected chi connectivity index (χ1v) is 10.2. The fourth-order valence-corrected chi connectivity index (χ4v) is 3.32. The number of pyridine rings is 1. The van der Waals surface area contributed by atoms with E-state index in [1.165, 1.54) is 38.2 Å². The fraction of sp³-hybridized carbons (Fsp3) is 0.348. The van der Waals surface area contributed by atoms with Crippen molar-refractivity contribution in [2.45, 2.75) is 32.1 Å². The van der Waals surface area contributed by atoms with Gasteiger partial charge in [-0.2, -0.15) is 0 Å². The van der Waals surface area contributed by atoms with Gasteiger partial charge in [0.25, 0.3) is 5.91 Å². The number of hydrogen-bond acceptors (Lipinski definition) is 5. The average molecular weight is 409 g/mol. The summed E-state index contributed by atoms with van der Waals surface area (Å²) in [5, 5.41) is 2.77. The van der Waals surface area contributed by atoms with Crippen LogP contribution in [0.4, 0.5) is 5.82 Å². The minimum Gasteiger partial charge on any atom is -0.489 e. The molecule has 2 aromatic rings. The minimum atomic E-state index is -0.535. The molecule has 2 amide bonds. The number of nitrogens with zero attached hydrogens (tertiary/aromatic N) is 1. The molecule has 30 heavy (non-hydrogen) atoms. The Morgan fingerprint density at radius 2 is 1.87 bits per heavy atom. The molecule has 0 saturated heterocycles. The van der Waals surface area contributed by atoms with Gasteiger partial charge in [-0.05, 0) is 54.7 Å². The third-order valence-corrected chi connectivity index (χ3v) is 4.90. The lowest BCUT2D eigenvalue weighted by Crippen LogP contribution is -2.19. The molecule has 1 aliphatic carbocycles. The van der Waals surface area contributed by atoms with Crippen LogP contribution in [0.15, 0.2) is 48.7 Å². The van der Waals surface area contributed by atoms with E-state index >= 15 is 0 Å². The first-order chi connectivity index (χ1) is 14.6. The van der Waals surface area contributed by atoms with Crippen LogP contribution in [0.3, 0.4) is 0 Å². The van der Waals surface area contributed by atoms with Gasteiger partial charge in [0.05, 0.1) is 6.61 Å². The van der Waals surface area contributed by atoms with Crippen molar-refractivity contribution in [1.82, 2.24) is 4.98 Å². The van der Waals surface area contributed by atoms with Gasteiger partial charge in [-0.1, -0.05) is 31.4 Å². The normalized spacial score (nSPS) is 14.4. The first-order valence-electron chi connectivity index (χ1n) is 10.2. The van der Waals surface area contributed by atoms with E-state index in [2.05, 4.69) is 10.3 Å². The highest BCUT2D eigenvalue weighted by atomic mass is 16.5. The molecule has 3 N–H and O–H groups in total. The summed E-state index contributed by atoms with van der Waals surface area (Å²) < 4.78 is 11.2. The van der Waals surface area contributed by atoms with Crippen LogP contribution in [-0.4, -0.2) is 30.0 Å². The average Bonchev–Trinajstić information content (AvgIpc) is 2.77. The lowest BCUT2D eigenvalue weighted by molar-refractivity contribution is -0.120.